The van der Waals surface area contributed by atoms with Crippen molar-refractivity contribution in [3.05, 3.63) is 53.8 Å². The van der Waals surface area contributed by atoms with Crippen LogP contribution in [0.1, 0.15) is 18.4 Å². The van der Waals surface area contributed by atoms with Crippen molar-refractivity contribution in [2.45, 2.75) is 19.8 Å². The molecule has 2 aromatic carbocycles. The van der Waals surface area contributed by atoms with Gasteiger partial charge in [-0.05, 0) is 74.8 Å². The Morgan fingerprint density at radius 1 is 1.18 bits per heavy atom. The summed E-state index contributed by atoms with van der Waals surface area (Å²) in [6.07, 6.45) is 2.49. The van der Waals surface area contributed by atoms with Gasteiger partial charge in [-0.1, -0.05) is 0 Å². The molecular formula is C22H28FN3O2. The fourth-order valence-electron chi connectivity index (χ4n) is 3.32. The molecular weight excluding hydrogens is 357 g/mol. The number of benzene rings is 2. The van der Waals surface area contributed by atoms with Crippen LogP contribution in [0.15, 0.2) is 42.5 Å². The largest absolute Gasteiger partial charge is 0.492 e. The summed E-state index contributed by atoms with van der Waals surface area (Å²) >= 11 is 0. The SMILES string of the molecule is Cc1cc(N2CCCC2)ccc1NC(=O)CN(C)CCOc1ccc(F)cc1. The summed E-state index contributed by atoms with van der Waals surface area (Å²) in [5.41, 5.74) is 3.15. The van der Waals surface area contributed by atoms with Crippen LogP contribution in [0.25, 0.3) is 0 Å². The van der Waals surface area contributed by atoms with Crippen LogP contribution in [-0.4, -0.2) is 50.6 Å². The molecule has 150 valence electrons. The van der Waals surface area contributed by atoms with Crippen LogP contribution in [0.4, 0.5) is 15.8 Å². The number of amides is 1. The van der Waals surface area contributed by atoms with E-state index in [9.17, 15) is 9.18 Å². The van der Waals surface area contributed by atoms with E-state index in [1.807, 2.05) is 24.9 Å². The van der Waals surface area contributed by atoms with Crippen molar-refractivity contribution >= 4 is 17.3 Å². The van der Waals surface area contributed by atoms with Gasteiger partial charge in [0.25, 0.3) is 0 Å². The van der Waals surface area contributed by atoms with E-state index in [0.29, 0.717) is 18.9 Å². The van der Waals surface area contributed by atoms with E-state index in [4.69, 9.17) is 4.74 Å². The normalized spacial score (nSPS) is 13.8. The van der Waals surface area contributed by atoms with Gasteiger partial charge in [0.15, 0.2) is 0 Å². The zero-order chi connectivity index (χ0) is 19.9. The predicted molar refractivity (Wildman–Crippen MR) is 111 cm³/mol. The zero-order valence-corrected chi connectivity index (χ0v) is 16.6. The number of nitrogens with one attached hydrogen (secondary N) is 1. The number of hydrogen-bond acceptors (Lipinski definition) is 4. The molecule has 1 amide bonds. The lowest BCUT2D eigenvalue weighted by Crippen LogP contribution is -2.33. The first-order valence-electron chi connectivity index (χ1n) is 9.73. The van der Waals surface area contributed by atoms with E-state index in [-0.39, 0.29) is 18.3 Å². The highest BCUT2D eigenvalue weighted by molar-refractivity contribution is 5.93. The molecule has 1 fully saturated rings. The molecule has 0 aliphatic carbocycles. The molecule has 3 rings (SSSR count). The first kappa shape index (κ1) is 20.1. The standard InChI is InChI=1S/C22H28FN3O2/c1-17-15-19(26-11-3-4-12-26)7-10-21(17)24-22(27)16-25(2)13-14-28-20-8-5-18(23)6-9-20/h5-10,15H,3-4,11-14,16H2,1-2H3,(H,24,27). The molecule has 6 heteroatoms. The third kappa shape index (κ3) is 5.70. The van der Waals surface area contributed by atoms with Gasteiger partial charge in [0.05, 0.1) is 6.54 Å². The summed E-state index contributed by atoms with van der Waals surface area (Å²) in [5.74, 6) is 0.277. The number of carbonyl (C=O) groups excluding carboxylic acids is 1. The molecule has 1 saturated heterocycles. The Labute approximate surface area is 166 Å². The molecule has 0 saturated carbocycles. The number of hydrogen-bond donors (Lipinski definition) is 1. The molecule has 0 aromatic heterocycles. The van der Waals surface area contributed by atoms with Crippen LogP contribution < -0.4 is 15.0 Å². The molecule has 1 heterocycles. The molecule has 2 aromatic rings. The number of ether oxygens (including phenoxy) is 1. The fourth-order valence-corrected chi connectivity index (χ4v) is 3.32. The van der Waals surface area contributed by atoms with Crippen molar-refractivity contribution < 1.29 is 13.9 Å². The average molecular weight is 385 g/mol. The van der Waals surface area contributed by atoms with Crippen LogP contribution in [0, 0.1) is 12.7 Å². The van der Waals surface area contributed by atoms with Gasteiger partial charge in [-0.2, -0.15) is 0 Å². The van der Waals surface area contributed by atoms with E-state index >= 15 is 0 Å². The average Bonchev–Trinajstić information content (AvgIpc) is 3.20. The van der Waals surface area contributed by atoms with Gasteiger partial charge >= 0.3 is 0 Å². The minimum absolute atomic E-state index is 0.0543. The molecule has 1 N–H and O–H groups in total. The van der Waals surface area contributed by atoms with Gasteiger partial charge in [-0.3, -0.25) is 9.69 Å². The van der Waals surface area contributed by atoms with Crippen molar-refractivity contribution in [3.8, 4) is 5.75 Å². The number of rotatable bonds is 8. The van der Waals surface area contributed by atoms with Crippen LogP contribution in [0.3, 0.4) is 0 Å². The maximum atomic E-state index is 12.9. The number of aryl methyl sites for hydroxylation is 1. The Kier molecular flexibility index (Phi) is 6.87. The summed E-state index contributed by atoms with van der Waals surface area (Å²) in [4.78, 5) is 16.6. The maximum Gasteiger partial charge on any atom is 0.238 e. The summed E-state index contributed by atoms with van der Waals surface area (Å²) in [6.45, 7) is 5.54. The van der Waals surface area contributed by atoms with Gasteiger partial charge in [-0.15, -0.1) is 0 Å². The smallest absolute Gasteiger partial charge is 0.238 e. The molecule has 0 bridgehead atoms. The predicted octanol–water partition coefficient (Wildman–Crippen LogP) is 3.68. The van der Waals surface area contributed by atoms with Crippen molar-refractivity contribution in [1.82, 2.24) is 4.90 Å². The van der Waals surface area contributed by atoms with Gasteiger partial charge in [0.1, 0.15) is 18.2 Å². The quantitative estimate of drug-likeness (QED) is 0.753. The summed E-state index contributed by atoms with van der Waals surface area (Å²) < 4.78 is 18.4. The second-order valence-electron chi connectivity index (χ2n) is 7.28. The Bertz CT molecular complexity index is 789. The summed E-state index contributed by atoms with van der Waals surface area (Å²) in [7, 11) is 1.87. The first-order chi connectivity index (χ1) is 13.5. The van der Waals surface area contributed by atoms with Crippen molar-refractivity contribution in [2.24, 2.45) is 0 Å². The fraction of sp³-hybridized carbons (Fsp3) is 0.409. The summed E-state index contributed by atoms with van der Waals surface area (Å²) in [6, 6.07) is 12.1. The minimum Gasteiger partial charge on any atom is -0.492 e. The molecule has 0 atom stereocenters. The number of likely N-dealkylation sites (N-methyl/N-ethyl adjacent to an activating group) is 1. The topological polar surface area (TPSA) is 44.8 Å². The Hall–Kier alpha value is -2.60. The van der Waals surface area contributed by atoms with E-state index in [1.54, 1.807) is 12.1 Å². The molecule has 5 nitrogen and oxygen atoms in total. The van der Waals surface area contributed by atoms with E-state index < -0.39 is 0 Å². The van der Waals surface area contributed by atoms with Crippen molar-refractivity contribution in [1.29, 1.82) is 0 Å². The van der Waals surface area contributed by atoms with Crippen LogP contribution in [0.2, 0.25) is 0 Å². The zero-order valence-electron chi connectivity index (χ0n) is 16.6. The van der Waals surface area contributed by atoms with Crippen LogP contribution in [-0.2, 0) is 4.79 Å². The molecule has 1 aliphatic heterocycles. The second kappa shape index (κ2) is 9.55. The van der Waals surface area contributed by atoms with E-state index in [2.05, 4.69) is 22.3 Å². The van der Waals surface area contributed by atoms with Gasteiger partial charge in [0.2, 0.25) is 5.91 Å². The second-order valence-corrected chi connectivity index (χ2v) is 7.28. The van der Waals surface area contributed by atoms with Gasteiger partial charge in [0, 0.05) is 31.0 Å². The number of anilines is 2. The third-order valence-corrected chi connectivity index (χ3v) is 4.92. The number of nitrogens with zero attached hydrogens (tertiary/aromatic N) is 2. The highest BCUT2D eigenvalue weighted by Gasteiger charge is 2.14. The first-order valence-corrected chi connectivity index (χ1v) is 9.73. The van der Waals surface area contributed by atoms with Gasteiger partial charge < -0.3 is 15.0 Å². The Morgan fingerprint density at radius 3 is 2.57 bits per heavy atom. The molecule has 0 radical (unpaired) electrons. The van der Waals surface area contributed by atoms with Gasteiger partial charge in [-0.25, -0.2) is 4.39 Å². The Morgan fingerprint density at radius 2 is 1.89 bits per heavy atom. The molecule has 0 spiro atoms. The highest BCUT2D eigenvalue weighted by Crippen LogP contribution is 2.25. The molecule has 28 heavy (non-hydrogen) atoms. The van der Waals surface area contributed by atoms with Crippen molar-refractivity contribution in [3.63, 3.8) is 0 Å². The minimum atomic E-state index is -0.287. The summed E-state index contributed by atoms with van der Waals surface area (Å²) in [5, 5.41) is 2.99. The lowest BCUT2D eigenvalue weighted by atomic mass is 10.1. The molecule has 1 aliphatic rings. The number of carbonyl (C=O) groups is 1. The lowest BCUT2D eigenvalue weighted by molar-refractivity contribution is -0.117. The number of halogens is 1. The molecule has 0 unspecified atom stereocenters. The lowest BCUT2D eigenvalue weighted by Gasteiger charge is -2.20. The van der Waals surface area contributed by atoms with Crippen molar-refractivity contribution in [2.75, 3.05) is 50.1 Å². The highest BCUT2D eigenvalue weighted by atomic mass is 19.1. The monoisotopic (exact) mass is 385 g/mol. The van der Waals surface area contributed by atoms with Crippen LogP contribution in [0.5, 0.6) is 5.75 Å². The maximum absolute atomic E-state index is 12.9. The van der Waals surface area contributed by atoms with E-state index in [1.165, 1.54) is 30.7 Å². The van der Waals surface area contributed by atoms with Crippen LogP contribution >= 0.6 is 0 Å². The third-order valence-electron chi connectivity index (χ3n) is 4.92. The Balaban J connectivity index is 1.43. The van der Waals surface area contributed by atoms with E-state index in [0.717, 1.165) is 24.3 Å².